The molecular weight excluding hydrogens is 244 g/mol. The van der Waals surface area contributed by atoms with E-state index in [-0.39, 0.29) is 36.0 Å². The Morgan fingerprint density at radius 3 is 2.42 bits per heavy atom. The van der Waals surface area contributed by atoms with Crippen LogP contribution in [-0.2, 0) is 14.3 Å². The molecular formula is C14H24N2O3. The lowest BCUT2D eigenvalue weighted by molar-refractivity contribution is -0.159. The van der Waals surface area contributed by atoms with Gasteiger partial charge in [0.2, 0.25) is 11.8 Å². The van der Waals surface area contributed by atoms with Gasteiger partial charge in [-0.15, -0.1) is 0 Å². The fraction of sp³-hybridized carbons (Fsp3) is 0.857. The zero-order chi connectivity index (χ0) is 14.0. The summed E-state index contributed by atoms with van der Waals surface area (Å²) in [6.07, 6.45) is 3.30. The zero-order valence-corrected chi connectivity index (χ0v) is 12.0. The van der Waals surface area contributed by atoms with Crippen LogP contribution >= 0.6 is 0 Å². The highest BCUT2D eigenvalue weighted by Crippen LogP contribution is 2.32. The normalized spacial score (nSPS) is 35.0. The van der Waals surface area contributed by atoms with Crippen molar-refractivity contribution in [3.8, 4) is 0 Å². The van der Waals surface area contributed by atoms with Crippen molar-refractivity contribution >= 4 is 11.8 Å². The van der Waals surface area contributed by atoms with Crippen LogP contribution in [0.25, 0.3) is 0 Å². The lowest BCUT2D eigenvalue weighted by atomic mass is 9.85. The molecule has 5 heteroatoms. The Morgan fingerprint density at radius 1 is 1.21 bits per heavy atom. The van der Waals surface area contributed by atoms with Gasteiger partial charge in [0.1, 0.15) is 12.1 Å². The van der Waals surface area contributed by atoms with Crippen LogP contribution in [0.2, 0.25) is 0 Å². The van der Waals surface area contributed by atoms with E-state index in [2.05, 4.69) is 5.32 Å². The van der Waals surface area contributed by atoms with Crippen LogP contribution < -0.4 is 5.32 Å². The molecule has 1 aliphatic heterocycles. The Balaban J connectivity index is 2.06. The van der Waals surface area contributed by atoms with Crippen LogP contribution in [-0.4, -0.2) is 47.6 Å². The monoisotopic (exact) mass is 268 g/mol. The smallest absolute Gasteiger partial charge is 0.246 e. The first kappa shape index (κ1) is 14.3. The number of nitrogens with zero attached hydrogens (tertiary/aromatic N) is 1. The second-order valence-electron chi connectivity index (χ2n) is 5.34. The fourth-order valence-corrected chi connectivity index (χ4v) is 3.02. The van der Waals surface area contributed by atoms with E-state index >= 15 is 0 Å². The first-order valence-corrected chi connectivity index (χ1v) is 7.36. The van der Waals surface area contributed by atoms with Gasteiger partial charge in [-0.25, -0.2) is 0 Å². The van der Waals surface area contributed by atoms with Gasteiger partial charge < -0.3 is 15.0 Å². The summed E-state index contributed by atoms with van der Waals surface area (Å²) in [5.74, 6) is 0.0720. The van der Waals surface area contributed by atoms with Gasteiger partial charge in [-0.3, -0.25) is 9.59 Å². The molecule has 2 fully saturated rings. The number of amides is 2. The predicted molar refractivity (Wildman–Crippen MR) is 71.6 cm³/mol. The van der Waals surface area contributed by atoms with Crippen molar-refractivity contribution in [1.82, 2.24) is 10.2 Å². The number of ether oxygens (including phenoxy) is 1. The number of carbonyl (C=O) groups is 2. The molecule has 0 spiro atoms. The van der Waals surface area contributed by atoms with Gasteiger partial charge in [-0.2, -0.15) is 0 Å². The highest BCUT2D eigenvalue weighted by atomic mass is 16.5. The van der Waals surface area contributed by atoms with Gasteiger partial charge in [-0.1, -0.05) is 13.8 Å². The third-order valence-electron chi connectivity index (χ3n) is 4.17. The molecule has 1 N–H and O–H groups in total. The van der Waals surface area contributed by atoms with Crippen LogP contribution in [0.1, 0.15) is 46.5 Å². The van der Waals surface area contributed by atoms with E-state index in [1.165, 1.54) is 0 Å². The highest BCUT2D eigenvalue weighted by molar-refractivity contribution is 5.97. The summed E-state index contributed by atoms with van der Waals surface area (Å²) in [6.45, 7) is 6.57. The van der Waals surface area contributed by atoms with Crippen LogP contribution in [0.4, 0.5) is 0 Å². The minimum atomic E-state index is -0.346. The SMILES string of the molecule is CCOC1CC(N2C(=O)C(CC)NC(=O)C2CC)C1. The van der Waals surface area contributed by atoms with Crippen molar-refractivity contribution in [1.29, 1.82) is 0 Å². The summed E-state index contributed by atoms with van der Waals surface area (Å²) >= 11 is 0. The molecule has 19 heavy (non-hydrogen) atoms. The number of carbonyl (C=O) groups excluding carboxylic acids is 2. The second-order valence-corrected chi connectivity index (χ2v) is 5.34. The molecule has 0 bridgehead atoms. The van der Waals surface area contributed by atoms with E-state index in [4.69, 9.17) is 4.74 Å². The maximum atomic E-state index is 12.4. The molecule has 5 nitrogen and oxygen atoms in total. The summed E-state index contributed by atoms with van der Waals surface area (Å²) in [4.78, 5) is 26.3. The van der Waals surface area contributed by atoms with E-state index in [1.54, 1.807) is 0 Å². The molecule has 1 saturated carbocycles. The van der Waals surface area contributed by atoms with Crippen molar-refractivity contribution in [2.75, 3.05) is 6.61 Å². The summed E-state index contributed by atoms with van der Waals surface area (Å²) in [5.41, 5.74) is 0. The second kappa shape index (κ2) is 5.90. The summed E-state index contributed by atoms with van der Waals surface area (Å²) in [5, 5.41) is 2.82. The molecule has 1 aliphatic carbocycles. The molecule has 0 aromatic rings. The van der Waals surface area contributed by atoms with Crippen LogP contribution in [0.15, 0.2) is 0 Å². The first-order valence-electron chi connectivity index (χ1n) is 7.36. The van der Waals surface area contributed by atoms with E-state index in [1.807, 2.05) is 25.7 Å². The molecule has 1 saturated heterocycles. The van der Waals surface area contributed by atoms with Gasteiger partial charge in [0.05, 0.1) is 6.10 Å². The third-order valence-corrected chi connectivity index (χ3v) is 4.17. The lowest BCUT2D eigenvalue weighted by Gasteiger charge is -2.48. The van der Waals surface area contributed by atoms with Crippen LogP contribution in [0.5, 0.6) is 0 Å². The molecule has 2 rings (SSSR count). The molecule has 0 radical (unpaired) electrons. The molecule has 2 unspecified atom stereocenters. The minimum Gasteiger partial charge on any atom is -0.378 e. The van der Waals surface area contributed by atoms with Crippen LogP contribution in [0, 0.1) is 0 Å². The summed E-state index contributed by atoms with van der Waals surface area (Å²) in [6, 6.07) is -0.474. The predicted octanol–water partition coefficient (Wildman–Crippen LogP) is 1.07. The number of hydrogen-bond acceptors (Lipinski definition) is 3. The molecule has 2 atom stereocenters. The van der Waals surface area contributed by atoms with Crippen molar-refractivity contribution in [3.05, 3.63) is 0 Å². The van der Waals surface area contributed by atoms with Gasteiger partial charge in [0, 0.05) is 12.6 Å². The average molecular weight is 268 g/mol. The number of hydrogen-bond donors (Lipinski definition) is 1. The van der Waals surface area contributed by atoms with Crippen LogP contribution in [0.3, 0.4) is 0 Å². The third kappa shape index (κ3) is 2.61. The van der Waals surface area contributed by atoms with E-state index < -0.39 is 0 Å². The maximum Gasteiger partial charge on any atom is 0.246 e. The van der Waals surface area contributed by atoms with Gasteiger partial charge in [-0.05, 0) is 32.6 Å². The van der Waals surface area contributed by atoms with Gasteiger partial charge in [0.25, 0.3) is 0 Å². The lowest BCUT2D eigenvalue weighted by Crippen LogP contribution is -2.67. The number of piperazine rings is 1. The Kier molecular flexibility index (Phi) is 4.45. The number of rotatable bonds is 5. The van der Waals surface area contributed by atoms with Crippen molar-refractivity contribution in [2.45, 2.75) is 70.7 Å². The van der Waals surface area contributed by atoms with E-state index in [9.17, 15) is 9.59 Å². The maximum absolute atomic E-state index is 12.4. The zero-order valence-electron chi connectivity index (χ0n) is 12.0. The standard InChI is InChI=1S/C14H24N2O3/c1-4-11-14(18)16(12(5-2)13(17)15-11)9-7-10(8-9)19-6-3/h9-12H,4-8H2,1-3H3,(H,15,17). The Bertz CT molecular complexity index is 353. The van der Waals surface area contributed by atoms with Crippen molar-refractivity contribution < 1.29 is 14.3 Å². The molecule has 2 aliphatic rings. The number of nitrogens with one attached hydrogen (secondary N) is 1. The fourth-order valence-electron chi connectivity index (χ4n) is 3.02. The van der Waals surface area contributed by atoms with E-state index in [0.29, 0.717) is 19.4 Å². The van der Waals surface area contributed by atoms with Crippen molar-refractivity contribution in [2.24, 2.45) is 0 Å². The largest absolute Gasteiger partial charge is 0.378 e. The molecule has 0 aromatic heterocycles. The van der Waals surface area contributed by atoms with Gasteiger partial charge in [0.15, 0.2) is 0 Å². The Labute approximate surface area is 114 Å². The van der Waals surface area contributed by atoms with E-state index in [0.717, 1.165) is 12.8 Å². The average Bonchev–Trinajstić information content (AvgIpc) is 2.36. The highest BCUT2D eigenvalue weighted by Gasteiger charge is 2.46. The Morgan fingerprint density at radius 2 is 1.89 bits per heavy atom. The minimum absolute atomic E-state index is 0.00573. The van der Waals surface area contributed by atoms with Crippen molar-refractivity contribution in [3.63, 3.8) is 0 Å². The summed E-state index contributed by atoms with van der Waals surface area (Å²) in [7, 11) is 0. The topological polar surface area (TPSA) is 58.6 Å². The first-order chi connectivity index (χ1) is 9.12. The summed E-state index contributed by atoms with van der Waals surface area (Å²) < 4.78 is 5.54. The molecule has 1 heterocycles. The Hall–Kier alpha value is -1.10. The quantitative estimate of drug-likeness (QED) is 0.811. The molecule has 108 valence electrons. The molecule has 2 amide bonds. The van der Waals surface area contributed by atoms with Gasteiger partial charge >= 0.3 is 0 Å². The molecule has 0 aromatic carbocycles.